The molecule has 6 nitrogen and oxygen atoms in total. The first-order valence-electron chi connectivity index (χ1n) is 9.28. The third-order valence-electron chi connectivity index (χ3n) is 4.94. The topological polar surface area (TPSA) is 85.2 Å². The summed E-state index contributed by atoms with van der Waals surface area (Å²) in [4.78, 5) is 26.8. The molecule has 1 aliphatic heterocycles. The van der Waals surface area contributed by atoms with Gasteiger partial charge in [0.2, 0.25) is 5.91 Å². The molecular formula is C18H30N4O2. The Kier molecular flexibility index (Phi) is 6.89. The van der Waals surface area contributed by atoms with Gasteiger partial charge < -0.3 is 15.5 Å². The fraction of sp³-hybridized carbons (Fsp3) is 0.833. The van der Waals surface area contributed by atoms with Crippen LogP contribution in [0.2, 0.25) is 0 Å². The largest absolute Gasteiger partial charge is 0.335 e. The van der Waals surface area contributed by atoms with E-state index in [-0.39, 0.29) is 29.9 Å². The van der Waals surface area contributed by atoms with Crippen molar-refractivity contribution in [2.75, 3.05) is 6.54 Å². The van der Waals surface area contributed by atoms with Crippen molar-refractivity contribution in [2.24, 2.45) is 5.92 Å². The van der Waals surface area contributed by atoms with Crippen molar-refractivity contribution in [1.82, 2.24) is 15.5 Å². The van der Waals surface area contributed by atoms with Crippen molar-refractivity contribution in [1.29, 1.82) is 5.26 Å². The zero-order valence-electron chi connectivity index (χ0n) is 14.9. The SMILES string of the molecule is CC(C)CC(NC(=O)NC1CCCCC1)C(=O)N1CCC[C@H]1C#N. The van der Waals surface area contributed by atoms with Gasteiger partial charge in [0, 0.05) is 12.6 Å². The molecule has 2 atom stereocenters. The van der Waals surface area contributed by atoms with Gasteiger partial charge in [-0.15, -0.1) is 0 Å². The van der Waals surface area contributed by atoms with E-state index in [9.17, 15) is 14.9 Å². The number of carbonyl (C=O) groups is 2. The first-order valence-corrected chi connectivity index (χ1v) is 9.28. The maximum absolute atomic E-state index is 12.8. The summed E-state index contributed by atoms with van der Waals surface area (Å²) in [6, 6.07) is 1.25. The molecule has 1 aliphatic carbocycles. The van der Waals surface area contributed by atoms with Crippen molar-refractivity contribution in [2.45, 2.75) is 83.3 Å². The number of nitrogens with one attached hydrogen (secondary N) is 2. The Hall–Kier alpha value is -1.77. The number of rotatable bonds is 5. The number of hydrogen-bond donors (Lipinski definition) is 2. The molecule has 3 amide bonds. The summed E-state index contributed by atoms with van der Waals surface area (Å²) in [6.45, 7) is 4.68. The van der Waals surface area contributed by atoms with Crippen molar-refractivity contribution in [3.8, 4) is 6.07 Å². The van der Waals surface area contributed by atoms with E-state index in [0.29, 0.717) is 13.0 Å². The van der Waals surface area contributed by atoms with E-state index >= 15 is 0 Å². The lowest BCUT2D eigenvalue weighted by Crippen LogP contribution is -2.54. The lowest BCUT2D eigenvalue weighted by atomic mass is 9.96. The van der Waals surface area contributed by atoms with Gasteiger partial charge in [-0.2, -0.15) is 5.26 Å². The van der Waals surface area contributed by atoms with Gasteiger partial charge in [0.15, 0.2) is 0 Å². The molecule has 24 heavy (non-hydrogen) atoms. The smallest absolute Gasteiger partial charge is 0.315 e. The predicted octanol–water partition coefficient (Wildman–Crippen LogP) is 2.55. The number of hydrogen-bond acceptors (Lipinski definition) is 3. The molecule has 6 heteroatoms. The molecule has 0 radical (unpaired) electrons. The molecule has 2 rings (SSSR count). The zero-order valence-corrected chi connectivity index (χ0v) is 14.9. The van der Waals surface area contributed by atoms with E-state index < -0.39 is 6.04 Å². The maximum atomic E-state index is 12.8. The average molecular weight is 334 g/mol. The quantitative estimate of drug-likeness (QED) is 0.810. The standard InChI is InChI=1S/C18H30N4O2/c1-13(2)11-16(17(23)22-10-6-9-15(22)12-19)21-18(24)20-14-7-4-3-5-8-14/h13-16H,3-11H2,1-2H3,(H2,20,21,24)/t15-,16?/m0/s1. The van der Waals surface area contributed by atoms with Gasteiger partial charge in [0.25, 0.3) is 0 Å². The van der Waals surface area contributed by atoms with E-state index in [1.54, 1.807) is 4.90 Å². The van der Waals surface area contributed by atoms with E-state index in [1.165, 1.54) is 6.42 Å². The van der Waals surface area contributed by atoms with Crippen LogP contribution in [0.15, 0.2) is 0 Å². The van der Waals surface area contributed by atoms with Gasteiger partial charge in [-0.3, -0.25) is 4.79 Å². The average Bonchev–Trinajstić information content (AvgIpc) is 3.02. The Morgan fingerprint density at radius 1 is 1.17 bits per heavy atom. The monoisotopic (exact) mass is 334 g/mol. The molecule has 134 valence electrons. The minimum Gasteiger partial charge on any atom is -0.335 e. The van der Waals surface area contributed by atoms with Crippen molar-refractivity contribution in [3.63, 3.8) is 0 Å². The third-order valence-corrected chi connectivity index (χ3v) is 4.94. The second-order valence-electron chi connectivity index (χ2n) is 7.45. The fourth-order valence-corrected chi connectivity index (χ4v) is 3.69. The molecule has 1 unspecified atom stereocenters. The van der Waals surface area contributed by atoms with Crippen LogP contribution in [-0.2, 0) is 4.79 Å². The van der Waals surface area contributed by atoms with Gasteiger partial charge in [0.1, 0.15) is 12.1 Å². The first kappa shape index (κ1) is 18.6. The Labute approximate surface area is 145 Å². The summed E-state index contributed by atoms with van der Waals surface area (Å²) in [7, 11) is 0. The maximum Gasteiger partial charge on any atom is 0.315 e. The van der Waals surface area contributed by atoms with E-state index in [1.807, 2.05) is 13.8 Å². The number of likely N-dealkylation sites (tertiary alicyclic amines) is 1. The predicted molar refractivity (Wildman–Crippen MR) is 92.1 cm³/mol. The summed E-state index contributed by atoms with van der Waals surface area (Å²) in [5, 5.41) is 15.1. The summed E-state index contributed by atoms with van der Waals surface area (Å²) in [5.41, 5.74) is 0. The van der Waals surface area contributed by atoms with Crippen molar-refractivity contribution in [3.05, 3.63) is 0 Å². The molecule has 0 aromatic carbocycles. The minimum atomic E-state index is -0.553. The molecule has 2 aliphatic rings. The summed E-state index contributed by atoms with van der Waals surface area (Å²) in [6.07, 6.45) is 7.73. The molecule has 0 aromatic rings. The molecule has 1 saturated heterocycles. The molecule has 0 bridgehead atoms. The molecule has 2 fully saturated rings. The zero-order chi connectivity index (χ0) is 17.5. The van der Waals surface area contributed by atoms with Crippen LogP contribution in [0, 0.1) is 17.2 Å². The van der Waals surface area contributed by atoms with E-state index in [0.717, 1.165) is 38.5 Å². The van der Waals surface area contributed by atoms with Gasteiger partial charge in [0.05, 0.1) is 6.07 Å². The number of carbonyl (C=O) groups excluding carboxylic acids is 2. The van der Waals surface area contributed by atoms with Crippen molar-refractivity contribution < 1.29 is 9.59 Å². The highest BCUT2D eigenvalue weighted by molar-refractivity contribution is 5.87. The van der Waals surface area contributed by atoms with Gasteiger partial charge >= 0.3 is 6.03 Å². The number of nitriles is 1. The molecule has 2 N–H and O–H groups in total. The van der Waals surface area contributed by atoms with Crippen LogP contribution in [0.3, 0.4) is 0 Å². The van der Waals surface area contributed by atoms with Crippen LogP contribution in [0.5, 0.6) is 0 Å². The molecular weight excluding hydrogens is 304 g/mol. The Morgan fingerprint density at radius 3 is 2.50 bits per heavy atom. The second kappa shape index (κ2) is 8.91. The second-order valence-corrected chi connectivity index (χ2v) is 7.45. The molecule has 0 aromatic heterocycles. The Bertz CT molecular complexity index is 480. The van der Waals surface area contributed by atoms with E-state index in [4.69, 9.17) is 0 Å². The Balaban J connectivity index is 1.95. The van der Waals surface area contributed by atoms with Crippen LogP contribution in [0.4, 0.5) is 4.79 Å². The highest BCUT2D eigenvalue weighted by Gasteiger charge is 2.34. The first-order chi connectivity index (χ1) is 11.5. The van der Waals surface area contributed by atoms with Crippen molar-refractivity contribution >= 4 is 11.9 Å². The Morgan fingerprint density at radius 2 is 1.88 bits per heavy atom. The van der Waals surface area contributed by atoms with Crippen LogP contribution in [0.25, 0.3) is 0 Å². The van der Waals surface area contributed by atoms with Crippen LogP contribution < -0.4 is 10.6 Å². The van der Waals surface area contributed by atoms with Gasteiger partial charge in [-0.1, -0.05) is 33.1 Å². The summed E-state index contributed by atoms with van der Waals surface area (Å²) < 4.78 is 0. The fourth-order valence-electron chi connectivity index (χ4n) is 3.69. The summed E-state index contributed by atoms with van der Waals surface area (Å²) >= 11 is 0. The van der Waals surface area contributed by atoms with E-state index in [2.05, 4.69) is 16.7 Å². The normalized spacial score (nSPS) is 22.9. The summed E-state index contributed by atoms with van der Waals surface area (Å²) in [5.74, 6) is 0.170. The molecule has 0 spiro atoms. The highest BCUT2D eigenvalue weighted by Crippen LogP contribution is 2.20. The lowest BCUT2D eigenvalue weighted by molar-refractivity contribution is -0.133. The van der Waals surface area contributed by atoms with Gasteiger partial charge in [-0.05, 0) is 38.0 Å². The lowest BCUT2D eigenvalue weighted by Gasteiger charge is -2.29. The number of nitrogens with zero attached hydrogens (tertiary/aromatic N) is 2. The van der Waals surface area contributed by atoms with Crippen LogP contribution in [0.1, 0.15) is 65.2 Å². The van der Waals surface area contributed by atoms with Crippen LogP contribution in [-0.4, -0.2) is 41.5 Å². The molecule has 1 saturated carbocycles. The van der Waals surface area contributed by atoms with Crippen LogP contribution >= 0.6 is 0 Å². The van der Waals surface area contributed by atoms with Gasteiger partial charge in [-0.25, -0.2) is 4.79 Å². The minimum absolute atomic E-state index is 0.119. The number of amides is 3. The molecule has 1 heterocycles. The number of urea groups is 1. The highest BCUT2D eigenvalue weighted by atomic mass is 16.2. The third kappa shape index (κ3) is 5.12.